The monoisotopic (exact) mass is 358 g/mol. The molecule has 3 N–H and O–H groups in total. The average Bonchev–Trinajstić information content (AvgIpc) is 2.59. The summed E-state index contributed by atoms with van der Waals surface area (Å²) in [4.78, 5) is 27.6. The van der Waals surface area contributed by atoms with Gasteiger partial charge in [-0.2, -0.15) is 0 Å². The highest BCUT2D eigenvalue weighted by Crippen LogP contribution is 2.51. The van der Waals surface area contributed by atoms with Crippen LogP contribution in [0.3, 0.4) is 0 Å². The van der Waals surface area contributed by atoms with Gasteiger partial charge in [-0.1, -0.05) is 13.0 Å². The van der Waals surface area contributed by atoms with Crippen molar-refractivity contribution in [2.24, 2.45) is 11.8 Å². The average molecular weight is 358 g/mol. The fraction of sp³-hybridized carbons (Fsp3) is 0.833. The molecule has 0 aromatic heterocycles. The molecule has 0 aliphatic heterocycles. The topological polar surface area (TPSA) is 123 Å². The number of phosphoric acid groups is 1. The van der Waals surface area contributed by atoms with Crippen LogP contribution in [0.1, 0.15) is 27.2 Å². The van der Waals surface area contributed by atoms with E-state index in [0.29, 0.717) is 6.42 Å². The molecule has 0 radical (unpaired) electrons. The molecule has 0 bridgehead atoms. The molecule has 1 aliphatic carbocycles. The molecule has 1 aliphatic rings. The van der Waals surface area contributed by atoms with Crippen molar-refractivity contribution in [3.05, 3.63) is 11.9 Å². The Hall–Kier alpha value is -0.0400. The zero-order valence-electron chi connectivity index (χ0n) is 13.0. The summed E-state index contributed by atoms with van der Waals surface area (Å²) in [6.45, 7) is 5.08. The summed E-state index contributed by atoms with van der Waals surface area (Å²) in [7, 11) is -7.13. The van der Waals surface area contributed by atoms with Gasteiger partial charge in [0.25, 0.3) is 0 Å². The van der Waals surface area contributed by atoms with Crippen LogP contribution in [0.15, 0.2) is 11.9 Å². The van der Waals surface area contributed by atoms with E-state index < -0.39 is 39.6 Å². The number of hydrogen-bond acceptors (Lipinski definition) is 5. The molecule has 0 amide bonds. The third-order valence-electron chi connectivity index (χ3n) is 3.35. The maximum absolute atomic E-state index is 12.0. The molecule has 1 unspecified atom stereocenters. The SMILES string of the molecule is CO[C@@H]1[C@H](OP(=O)(O)OC(C)C)[C@@H](/C=C/P(=O)(O)O)C[C@@H]1C. The molecule has 0 saturated heterocycles. The number of hydrogen-bond donors (Lipinski definition) is 3. The largest absolute Gasteiger partial charge is 0.472 e. The summed E-state index contributed by atoms with van der Waals surface area (Å²) in [5.74, 6) is 0.328. The van der Waals surface area contributed by atoms with Gasteiger partial charge in [0.2, 0.25) is 0 Å². The first-order chi connectivity index (χ1) is 9.95. The van der Waals surface area contributed by atoms with Crippen molar-refractivity contribution in [3.63, 3.8) is 0 Å². The predicted molar refractivity (Wildman–Crippen MR) is 80.2 cm³/mol. The van der Waals surface area contributed by atoms with E-state index in [1.54, 1.807) is 13.8 Å². The van der Waals surface area contributed by atoms with Gasteiger partial charge >= 0.3 is 15.4 Å². The van der Waals surface area contributed by atoms with Crippen LogP contribution in [0, 0.1) is 11.8 Å². The van der Waals surface area contributed by atoms with Crippen LogP contribution in [-0.4, -0.2) is 40.1 Å². The van der Waals surface area contributed by atoms with E-state index in [1.165, 1.54) is 13.2 Å². The lowest BCUT2D eigenvalue weighted by atomic mass is 10.1. The molecule has 1 fully saturated rings. The number of methoxy groups -OCH3 is 1. The Morgan fingerprint density at radius 1 is 1.18 bits per heavy atom. The molecule has 22 heavy (non-hydrogen) atoms. The zero-order chi connectivity index (χ0) is 17.1. The number of ether oxygens (including phenoxy) is 1. The van der Waals surface area contributed by atoms with Crippen LogP contribution in [-0.2, 0) is 22.9 Å². The molecule has 1 saturated carbocycles. The van der Waals surface area contributed by atoms with Crippen LogP contribution in [0.25, 0.3) is 0 Å². The van der Waals surface area contributed by atoms with Crippen molar-refractivity contribution < 1.29 is 37.6 Å². The lowest BCUT2D eigenvalue weighted by Gasteiger charge is -2.26. The highest BCUT2D eigenvalue weighted by molar-refractivity contribution is 7.55. The van der Waals surface area contributed by atoms with E-state index in [1.807, 2.05) is 6.92 Å². The van der Waals surface area contributed by atoms with Gasteiger partial charge in [-0.3, -0.25) is 13.6 Å². The van der Waals surface area contributed by atoms with E-state index in [9.17, 15) is 14.0 Å². The summed E-state index contributed by atoms with van der Waals surface area (Å²) in [5.41, 5.74) is 0. The molecular formula is C12H24O8P2. The van der Waals surface area contributed by atoms with Crippen molar-refractivity contribution >= 4 is 15.4 Å². The van der Waals surface area contributed by atoms with E-state index >= 15 is 0 Å². The van der Waals surface area contributed by atoms with Gasteiger partial charge in [0.1, 0.15) is 6.10 Å². The molecule has 130 valence electrons. The summed E-state index contributed by atoms with van der Waals surface area (Å²) in [5, 5.41) is 0. The van der Waals surface area contributed by atoms with Crippen molar-refractivity contribution in [1.29, 1.82) is 0 Å². The summed E-state index contributed by atoms with van der Waals surface area (Å²) in [6, 6.07) is 0. The molecule has 0 aromatic carbocycles. The number of rotatable bonds is 7. The minimum Gasteiger partial charge on any atom is -0.378 e. The van der Waals surface area contributed by atoms with Crippen LogP contribution in [0.4, 0.5) is 0 Å². The van der Waals surface area contributed by atoms with Crippen molar-refractivity contribution in [2.75, 3.05) is 7.11 Å². The highest BCUT2D eigenvalue weighted by Gasteiger charge is 2.45. The second kappa shape index (κ2) is 7.69. The van der Waals surface area contributed by atoms with Gasteiger partial charge in [0.05, 0.1) is 12.2 Å². The molecular weight excluding hydrogens is 334 g/mol. The summed E-state index contributed by atoms with van der Waals surface area (Å²) < 4.78 is 38.3. The Morgan fingerprint density at radius 2 is 1.77 bits per heavy atom. The molecule has 5 atom stereocenters. The third-order valence-corrected chi connectivity index (χ3v) is 5.11. The zero-order valence-corrected chi connectivity index (χ0v) is 14.8. The summed E-state index contributed by atoms with van der Waals surface area (Å²) >= 11 is 0. The fourth-order valence-corrected chi connectivity index (χ4v) is 4.24. The van der Waals surface area contributed by atoms with E-state index in [-0.39, 0.29) is 5.92 Å². The van der Waals surface area contributed by atoms with Gasteiger partial charge in [-0.15, -0.1) is 0 Å². The van der Waals surface area contributed by atoms with Crippen molar-refractivity contribution in [2.45, 2.75) is 45.5 Å². The van der Waals surface area contributed by atoms with E-state index in [4.69, 9.17) is 23.6 Å². The van der Waals surface area contributed by atoms with Gasteiger partial charge < -0.3 is 19.4 Å². The Balaban J connectivity index is 2.95. The van der Waals surface area contributed by atoms with Gasteiger partial charge in [-0.25, -0.2) is 4.57 Å². The normalized spacial score (nSPS) is 32.7. The maximum atomic E-state index is 12.0. The van der Waals surface area contributed by atoms with Crippen LogP contribution in [0.5, 0.6) is 0 Å². The quantitative estimate of drug-likeness (QED) is 0.592. The first-order valence-corrected chi connectivity index (χ1v) is 10.1. The van der Waals surface area contributed by atoms with Gasteiger partial charge in [0, 0.05) is 18.8 Å². The van der Waals surface area contributed by atoms with Gasteiger partial charge in [0.15, 0.2) is 0 Å². The highest BCUT2D eigenvalue weighted by atomic mass is 31.2. The standard InChI is InChI=1S/C12H24O8P2/c1-8(2)19-22(16,17)20-12-10(5-6-21(13,14)15)7-9(3)11(12)18-4/h5-6,8-12H,7H2,1-4H3,(H,16,17)(H2,13,14,15)/b6-5+/t9-,10-,11-,12+/m0/s1. The fourth-order valence-electron chi connectivity index (χ4n) is 2.63. The molecule has 0 spiro atoms. The first kappa shape index (κ1) is 20.0. The van der Waals surface area contributed by atoms with Gasteiger partial charge in [-0.05, 0) is 26.2 Å². The van der Waals surface area contributed by atoms with Crippen LogP contribution in [0.2, 0.25) is 0 Å². The molecule has 0 heterocycles. The Labute approximate surface area is 130 Å². The van der Waals surface area contributed by atoms with Crippen molar-refractivity contribution in [1.82, 2.24) is 0 Å². The summed E-state index contributed by atoms with van der Waals surface area (Å²) in [6.07, 6.45) is 0.0392. The second-order valence-electron chi connectivity index (χ2n) is 5.70. The minimum absolute atomic E-state index is 0.000436. The molecule has 1 rings (SSSR count). The third kappa shape index (κ3) is 6.22. The number of phosphoric ester groups is 1. The van der Waals surface area contributed by atoms with Crippen LogP contribution >= 0.6 is 15.4 Å². The van der Waals surface area contributed by atoms with E-state index in [0.717, 1.165) is 5.82 Å². The predicted octanol–water partition coefficient (Wildman–Crippen LogP) is 2.26. The first-order valence-electron chi connectivity index (χ1n) is 6.92. The lowest BCUT2D eigenvalue weighted by Crippen LogP contribution is -2.31. The molecule has 10 heteroatoms. The Morgan fingerprint density at radius 3 is 2.23 bits per heavy atom. The Kier molecular flexibility index (Phi) is 6.99. The minimum atomic E-state index is -4.31. The smallest absolute Gasteiger partial charge is 0.378 e. The molecule has 0 aromatic rings. The Bertz CT molecular complexity index is 486. The van der Waals surface area contributed by atoms with E-state index in [2.05, 4.69) is 0 Å². The lowest BCUT2D eigenvalue weighted by molar-refractivity contribution is -0.0239. The maximum Gasteiger partial charge on any atom is 0.472 e. The van der Waals surface area contributed by atoms with Crippen molar-refractivity contribution in [3.8, 4) is 0 Å². The second-order valence-corrected chi connectivity index (χ2v) is 8.54. The van der Waals surface area contributed by atoms with Crippen LogP contribution < -0.4 is 0 Å². The molecule has 8 nitrogen and oxygen atoms in total.